The Morgan fingerprint density at radius 1 is 0.548 bits per heavy atom. The summed E-state index contributed by atoms with van der Waals surface area (Å²) in [6.07, 6.45) is -11.0. The van der Waals surface area contributed by atoms with Crippen molar-refractivity contribution in [3.63, 3.8) is 0 Å². The van der Waals surface area contributed by atoms with Crippen LogP contribution in [0.15, 0.2) is 36.4 Å². The Bertz CT molecular complexity index is 1510. The average molecular weight is 709 g/mol. The molecule has 0 aliphatic heterocycles. The number of halogens is 14. The van der Waals surface area contributed by atoms with Gasteiger partial charge in [-0.05, 0) is 36.4 Å². The molecule has 8 nitrogen and oxygen atoms in total. The summed E-state index contributed by atoms with van der Waals surface area (Å²) >= 11 is 10.9. The quantitative estimate of drug-likeness (QED) is 0.281. The van der Waals surface area contributed by atoms with E-state index in [1.807, 2.05) is 0 Å². The van der Waals surface area contributed by atoms with Crippen LogP contribution in [-0.4, -0.2) is 39.7 Å². The summed E-state index contributed by atoms with van der Waals surface area (Å²) < 4.78 is 205. The Morgan fingerprint density at radius 2 is 0.810 bits per heavy atom. The topological polar surface area (TPSA) is 109 Å². The van der Waals surface area contributed by atoms with Gasteiger partial charge in [0.25, 0.3) is 0 Å². The lowest BCUT2D eigenvalue weighted by Crippen LogP contribution is -2.55. The fraction of sp³-hybridized carbons (Fsp3) is 0.222. The number of rotatable bonds is 4. The molecule has 0 saturated carbocycles. The van der Waals surface area contributed by atoms with Crippen LogP contribution < -0.4 is 8.61 Å². The van der Waals surface area contributed by atoms with E-state index in [-0.39, 0.29) is 24.3 Å². The lowest BCUT2D eigenvalue weighted by molar-refractivity contribution is -0.138. The SMILES string of the molecule is O=C(C(=O)N(c1cc(C(F)(F)F)ccc1Cl)S(=O)(=O)C(F)(F)F)N(c1cc(C(F)(F)F)ccc1Cl)S(=O)(=O)C(F)(F)F. The van der Waals surface area contributed by atoms with E-state index in [0.29, 0.717) is 0 Å². The molecule has 0 spiro atoms. The molecule has 234 valence electrons. The van der Waals surface area contributed by atoms with Crippen molar-refractivity contribution < 1.29 is 79.1 Å². The molecule has 0 unspecified atom stereocenters. The first-order chi connectivity index (χ1) is 18.6. The number of carbonyl (C=O) groups excluding carboxylic acids is 2. The van der Waals surface area contributed by atoms with Crippen LogP contribution in [0.5, 0.6) is 0 Å². The number of hydrogen-bond donors (Lipinski definition) is 0. The smallest absolute Gasteiger partial charge is 0.262 e. The summed E-state index contributed by atoms with van der Waals surface area (Å²) in [7, 11) is -14.9. The van der Waals surface area contributed by atoms with Crippen molar-refractivity contribution >= 4 is 66.4 Å². The Morgan fingerprint density at radius 3 is 1.02 bits per heavy atom. The molecule has 0 aromatic heterocycles. The molecular formula is C18H6Cl2F12N2O6S2. The number of benzene rings is 2. The molecule has 2 aromatic rings. The number of nitrogens with zero attached hydrogens (tertiary/aromatic N) is 2. The van der Waals surface area contributed by atoms with E-state index < -0.39 is 109 Å². The van der Waals surface area contributed by atoms with Gasteiger partial charge in [0.1, 0.15) is 0 Å². The third-order valence-corrected chi connectivity index (χ3v) is 8.10. The van der Waals surface area contributed by atoms with Gasteiger partial charge in [-0.3, -0.25) is 9.59 Å². The molecule has 0 aliphatic rings. The molecule has 0 radical (unpaired) electrons. The van der Waals surface area contributed by atoms with E-state index in [4.69, 9.17) is 23.2 Å². The zero-order valence-electron chi connectivity index (χ0n) is 18.9. The van der Waals surface area contributed by atoms with E-state index in [1.165, 1.54) is 0 Å². The Hall–Kier alpha value is -2.98. The average Bonchev–Trinajstić information content (AvgIpc) is 2.78. The largest absolute Gasteiger partial charge is 0.517 e. The van der Waals surface area contributed by atoms with Crippen molar-refractivity contribution in [2.75, 3.05) is 8.61 Å². The van der Waals surface area contributed by atoms with Gasteiger partial charge < -0.3 is 0 Å². The highest BCUT2D eigenvalue weighted by Crippen LogP contribution is 2.42. The molecule has 2 rings (SSSR count). The van der Waals surface area contributed by atoms with Gasteiger partial charge in [-0.25, -0.2) is 0 Å². The third-order valence-electron chi connectivity index (χ3n) is 4.60. The molecular weight excluding hydrogens is 703 g/mol. The van der Waals surface area contributed by atoms with Gasteiger partial charge in [0.15, 0.2) is 0 Å². The number of alkyl halides is 12. The van der Waals surface area contributed by atoms with E-state index in [9.17, 15) is 79.1 Å². The summed E-state index contributed by atoms with van der Waals surface area (Å²) in [5.41, 5.74) is -21.9. The van der Waals surface area contributed by atoms with Gasteiger partial charge in [0.05, 0.1) is 32.5 Å². The van der Waals surface area contributed by atoms with E-state index in [1.54, 1.807) is 0 Å². The summed E-state index contributed by atoms with van der Waals surface area (Å²) in [5, 5.41) is -2.97. The first-order valence-corrected chi connectivity index (χ1v) is 13.3. The number of amides is 2. The summed E-state index contributed by atoms with van der Waals surface area (Å²) in [6.45, 7) is 0. The highest BCUT2D eigenvalue weighted by Gasteiger charge is 2.58. The van der Waals surface area contributed by atoms with E-state index >= 15 is 0 Å². The molecule has 0 saturated heterocycles. The molecule has 24 heteroatoms. The van der Waals surface area contributed by atoms with Crippen LogP contribution in [0.1, 0.15) is 11.1 Å². The number of hydrogen-bond acceptors (Lipinski definition) is 6. The second-order valence-electron chi connectivity index (χ2n) is 7.37. The van der Waals surface area contributed by atoms with Gasteiger partial charge in [0, 0.05) is 0 Å². The minimum absolute atomic E-state index is 0.0271. The fourth-order valence-corrected chi connectivity index (χ4v) is 5.10. The monoisotopic (exact) mass is 708 g/mol. The summed E-state index contributed by atoms with van der Waals surface area (Å²) in [4.78, 5) is 25.7. The van der Waals surface area contributed by atoms with Crippen molar-refractivity contribution in [2.24, 2.45) is 0 Å². The molecule has 0 aliphatic carbocycles. The van der Waals surface area contributed by atoms with Gasteiger partial charge in [-0.2, -0.15) is 78.1 Å². The lowest BCUT2D eigenvalue weighted by atomic mass is 10.2. The number of anilines is 2. The normalized spacial score (nSPS) is 13.6. The van der Waals surface area contributed by atoms with Crippen LogP contribution in [0.3, 0.4) is 0 Å². The standard InChI is InChI=1S/C18H6Cl2F12N2O6S2/c19-9-3-1-7(15(21,22)23)5-11(9)33(41(37,38)17(27,28)29)13(35)14(36)34(42(39,40)18(30,31)32)12-6-8(16(24,25)26)2-4-10(12)20/h1-6H. The van der Waals surface area contributed by atoms with Gasteiger partial charge in [0.2, 0.25) is 0 Å². The van der Waals surface area contributed by atoms with Crippen LogP contribution >= 0.6 is 23.2 Å². The molecule has 0 atom stereocenters. The highest BCUT2D eigenvalue weighted by molar-refractivity contribution is 7.95. The molecule has 0 fully saturated rings. The second-order valence-corrected chi connectivity index (χ2v) is 11.7. The van der Waals surface area contributed by atoms with Crippen LogP contribution in [0.4, 0.5) is 64.1 Å². The van der Waals surface area contributed by atoms with Crippen molar-refractivity contribution in [1.29, 1.82) is 0 Å². The van der Waals surface area contributed by atoms with Crippen molar-refractivity contribution in [2.45, 2.75) is 23.4 Å². The lowest BCUT2D eigenvalue weighted by Gasteiger charge is -2.28. The number of sulfonamides is 2. The van der Waals surface area contributed by atoms with Crippen LogP contribution in [0.2, 0.25) is 10.0 Å². The van der Waals surface area contributed by atoms with E-state index in [0.717, 1.165) is 0 Å². The van der Waals surface area contributed by atoms with Crippen molar-refractivity contribution in [1.82, 2.24) is 0 Å². The third kappa shape index (κ3) is 6.64. The molecule has 0 heterocycles. The molecule has 0 N–H and O–H groups in total. The minimum atomic E-state index is -7.46. The zero-order chi connectivity index (χ0) is 33.0. The molecule has 2 amide bonds. The van der Waals surface area contributed by atoms with Gasteiger partial charge in [-0.1, -0.05) is 23.2 Å². The predicted octanol–water partition coefficient (Wildman–Crippen LogP) is 6.10. The molecule has 0 bridgehead atoms. The Balaban J connectivity index is 3.02. The van der Waals surface area contributed by atoms with Crippen LogP contribution in [0.25, 0.3) is 0 Å². The maximum atomic E-state index is 13.4. The minimum Gasteiger partial charge on any atom is -0.262 e. The zero-order valence-corrected chi connectivity index (χ0v) is 22.1. The maximum absolute atomic E-state index is 13.4. The van der Waals surface area contributed by atoms with E-state index in [2.05, 4.69) is 0 Å². The van der Waals surface area contributed by atoms with Crippen LogP contribution in [-0.2, 0) is 42.0 Å². The molecule has 42 heavy (non-hydrogen) atoms. The maximum Gasteiger partial charge on any atom is 0.517 e. The fourth-order valence-electron chi connectivity index (χ4n) is 2.77. The molecule has 2 aromatic carbocycles. The predicted molar refractivity (Wildman–Crippen MR) is 118 cm³/mol. The highest BCUT2D eigenvalue weighted by atomic mass is 35.5. The second kappa shape index (κ2) is 10.9. The Labute approximate surface area is 235 Å². The van der Waals surface area contributed by atoms with Gasteiger partial charge in [-0.15, -0.1) is 0 Å². The number of carbonyl (C=O) groups is 2. The van der Waals surface area contributed by atoms with Crippen LogP contribution in [0, 0.1) is 0 Å². The van der Waals surface area contributed by atoms with Crippen molar-refractivity contribution in [3.05, 3.63) is 57.6 Å². The first-order valence-electron chi connectivity index (χ1n) is 9.61. The summed E-state index contributed by atoms with van der Waals surface area (Å²) in [5.74, 6) is -6.98. The Kier molecular flexibility index (Phi) is 9.17. The summed E-state index contributed by atoms with van der Waals surface area (Å²) in [6, 6.07) is -0.999. The van der Waals surface area contributed by atoms with Gasteiger partial charge >= 0.3 is 55.2 Å². The van der Waals surface area contributed by atoms with Crippen molar-refractivity contribution in [3.8, 4) is 0 Å². The first kappa shape index (κ1) is 35.2.